The molecule has 14 heteroatoms. The molecule has 7 N–H and O–H groups in total. The van der Waals surface area contributed by atoms with Gasteiger partial charge in [0.15, 0.2) is 0 Å². The predicted octanol–water partition coefficient (Wildman–Crippen LogP) is -1.85. The Hall–Kier alpha value is -0.855. The Morgan fingerprint density at radius 2 is 1.29 bits per heavy atom. The molecule has 31 heavy (non-hydrogen) atoms. The Balaban J connectivity index is 4.50. The van der Waals surface area contributed by atoms with E-state index in [0.29, 0.717) is 52.1 Å². The second-order valence-corrected chi connectivity index (χ2v) is 7.70. The number of aliphatic hydroxyl groups excluding tert-OH is 2. The van der Waals surface area contributed by atoms with Crippen molar-refractivity contribution >= 4 is 27.2 Å². The molecule has 0 fully saturated rings. The highest BCUT2D eigenvalue weighted by molar-refractivity contribution is 6.46. The molecule has 180 valence electrons. The summed E-state index contributed by atoms with van der Waals surface area (Å²) in [5.74, 6) is 0. The molecule has 0 aromatic heterocycles. The largest absolute Gasteiger partial charge is 0.441 e. The molecule has 0 saturated heterocycles. The first-order valence-electron chi connectivity index (χ1n) is 11.1. The Bertz CT molecular complexity index is 450. The van der Waals surface area contributed by atoms with Gasteiger partial charge in [0.05, 0.1) is 13.2 Å². The van der Waals surface area contributed by atoms with Crippen LogP contribution < -0.4 is 10.5 Å². The van der Waals surface area contributed by atoms with Gasteiger partial charge >= 0.3 is 27.2 Å². The molecule has 0 heterocycles. The number of rotatable bonds is 19. The minimum absolute atomic E-state index is 0.410. The van der Waals surface area contributed by atoms with Crippen LogP contribution in [0.5, 0.6) is 0 Å². The van der Waals surface area contributed by atoms with E-state index in [1.807, 2.05) is 4.81 Å². The van der Waals surface area contributed by atoms with Gasteiger partial charge in [-0.3, -0.25) is 0 Å². The molecule has 0 spiro atoms. The van der Waals surface area contributed by atoms with Gasteiger partial charge in [-0.25, -0.2) is 4.79 Å². The highest BCUT2D eigenvalue weighted by Gasteiger charge is 2.20. The fourth-order valence-electron chi connectivity index (χ4n) is 2.92. The summed E-state index contributed by atoms with van der Waals surface area (Å²) in [5, 5.41) is 52.5. The minimum atomic E-state index is -0.952. The highest BCUT2D eigenvalue weighted by atomic mass is 16.6. The molecule has 0 aliphatic carbocycles. The lowest BCUT2D eigenvalue weighted by Gasteiger charge is -2.26. The molecule has 11 nitrogen and oxygen atoms in total. The van der Waals surface area contributed by atoms with Gasteiger partial charge in [-0.2, -0.15) is 0 Å². The van der Waals surface area contributed by atoms with Crippen LogP contribution in [0.1, 0.15) is 25.7 Å². The molecule has 0 rings (SSSR count). The van der Waals surface area contributed by atoms with Gasteiger partial charge < -0.3 is 50.2 Å². The van der Waals surface area contributed by atoms with E-state index < -0.39 is 46.6 Å². The van der Waals surface area contributed by atoms with E-state index in [1.54, 1.807) is 20.5 Å². The quantitative estimate of drug-likeness (QED) is 0.0888. The standard InChI is InChI=1S/C17H41B3N4O7/c1-18(28)21-8-6-11-23(17(27)31-16(14-25)15-26)10-4-5-12-24(20(3)30)13-7-9-22-19(2)29/h16,21-22,25-26,28-30H,4-15H2,1-3H3. The summed E-state index contributed by atoms with van der Waals surface area (Å²) in [5.41, 5.74) is 0. The Labute approximate surface area is 187 Å². The summed E-state index contributed by atoms with van der Waals surface area (Å²) >= 11 is 0. The summed E-state index contributed by atoms with van der Waals surface area (Å²) in [6.45, 7) is 7.46. The minimum Gasteiger partial charge on any atom is -0.441 e. The summed E-state index contributed by atoms with van der Waals surface area (Å²) in [7, 11) is -1.78. The van der Waals surface area contributed by atoms with Crippen molar-refractivity contribution in [1.29, 1.82) is 0 Å². The molecule has 0 saturated carbocycles. The number of ether oxygens (including phenoxy) is 1. The molecule has 0 aliphatic rings. The fourth-order valence-corrected chi connectivity index (χ4v) is 2.92. The average Bonchev–Trinajstić information content (AvgIpc) is 2.71. The summed E-state index contributed by atoms with van der Waals surface area (Å²) in [6.07, 6.45) is 1.30. The predicted molar refractivity (Wildman–Crippen MR) is 124 cm³/mol. The van der Waals surface area contributed by atoms with E-state index in [2.05, 4.69) is 10.5 Å². The zero-order valence-electron chi connectivity index (χ0n) is 19.2. The molecule has 0 atom stereocenters. The van der Waals surface area contributed by atoms with Crippen LogP contribution in [-0.4, -0.2) is 121 Å². The van der Waals surface area contributed by atoms with Crippen LogP contribution >= 0.6 is 0 Å². The summed E-state index contributed by atoms with van der Waals surface area (Å²) in [6, 6.07) is 0. The van der Waals surface area contributed by atoms with Crippen LogP contribution in [0.25, 0.3) is 0 Å². The van der Waals surface area contributed by atoms with Crippen LogP contribution in [0, 0.1) is 0 Å². The summed E-state index contributed by atoms with van der Waals surface area (Å²) in [4.78, 5) is 15.9. The maximum absolute atomic E-state index is 12.4. The number of carbonyl (C=O) groups excluding carboxylic acids is 1. The van der Waals surface area contributed by atoms with Gasteiger partial charge in [0.1, 0.15) is 6.10 Å². The van der Waals surface area contributed by atoms with E-state index in [9.17, 15) is 19.9 Å². The second kappa shape index (κ2) is 18.7. The van der Waals surface area contributed by atoms with Gasteiger partial charge in [-0.05, 0) is 72.3 Å². The first-order valence-corrected chi connectivity index (χ1v) is 11.1. The molecule has 1 amide bonds. The fraction of sp³-hybridized carbons (Fsp3) is 0.941. The van der Waals surface area contributed by atoms with Crippen molar-refractivity contribution < 1.29 is 34.8 Å². The number of hydrogen-bond acceptors (Lipinski definition) is 10. The van der Waals surface area contributed by atoms with Crippen molar-refractivity contribution in [3.63, 3.8) is 0 Å². The maximum atomic E-state index is 12.4. The van der Waals surface area contributed by atoms with Gasteiger partial charge in [0, 0.05) is 13.1 Å². The number of amides is 1. The Kier molecular flexibility index (Phi) is 18.2. The van der Waals surface area contributed by atoms with Crippen molar-refractivity contribution in [3.8, 4) is 0 Å². The van der Waals surface area contributed by atoms with Crippen LogP contribution in [0.15, 0.2) is 0 Å². The van der Waals surface area contributed by atoms with Crippen molar-refractivity contribution in [2.75, 3.05) is 52.5 Å². The number of nitrogens with one attached hydrogen (secondary N) is 2. The van der Waals surface area contributed by atoms with Crippen molar-refractivity contribution in [3.05, 3.63) is 0 Å². The van der Waals surface area contributed by atoms with Crippen molar-refractivity contribution in [2.45, 2.75) is 52.3 Å². The number of nitrogens with zero attached hydrogens (tertiary/aromatic N) is 2. The number of carbonyl (C=O) groups is 1. The molecular weight excluding hydrogens is 405 g/mol. The van der Waals surface area contributed by atoms with Crippen LogP contribution in [0.3, 0.4) is 0 Å². The zero-order valence-corrected chi connectivity index (χ0v) is 19.2. The number of aliphatic hydroxyl groups is 2. The average molecular weight is 446 g/mol. The lowest BCUT2D eigenvalue weighted by molar-refractivity contribution is 0.00442. The first-order chi connectivity index (χ1) is 14.7. The van der Waals surface area contributed by atoms with Crippen molar-refractivity contribution in [2.24, 2.45) is 0 Å². The summed E-state index contributed by atoms with van der Waals surface area (Å²) < 4.78 is 5.13. The topological polar surface area (TPSA) is 158 Å². The molecule has 0 aliphatic heterocycles. The molecule has 0 radical (unpaired) electrons. The van der Waals surface area contributed by atoms with Gasteiger partial charge in [0.25, 0.3) is 0 Å². The van der Waals surface area contributed by atoms with Gasteiger partial charge in [-0.1, -0.05) is 0 Å². The number of hydrogen-bond donors (Lipinski definition) is 7. The zero-order chi connectivity index (χ0) is 23.6. The van der Waals surface area contributed by atoms with E-state index in [0.717, 1.165) is 12.8 Å². The number of unbranched alkanes of at least 4 members (excludes halogenated alkanes) is 1. The molecular formula is C17H41B3N4O7. The van der Waals surface area contributed by atoms with Crippen LogP contribution in [-0.2, 0) is 4.74 Å². The van der Waals surface area contributed by atoms with Gasteiger partial charge in [0.2, 0.25) is 0 Å². The Morgan fingerprint density at radius 3 is 1.77 bits per heavy atom. The normalized spacial score (nSPS) is 11.2. The lowest BCUT2D eigenvalue weighted by atomic mass is 9.84. The molecule has 0 bridgehead atoms. The Morgan fingerprint density at radius 1 is 0.839 bits per heavy atom. The van der Waals surface area contributed by atoms with E-state index >= 15 is 0 Å². The van der Waals surface area contributed by atoms with E-state index in [-0.39, 0.29) is 0 Å². The monoisotopic (exact) mass is 446 g/mol. The van der Waals surface area contributed by atoms with Crippen LogP contribution in [0.2, 0.25) is 20.5 Å². The SMILES string of the molecule is CB(O)NCCCN(CCCCN(CCCNB(C)O)C(=O)OC(CO)CO)B(C)O. The molecule has 0 unspecified atom stereocenters. The van der Waals surface area contributed by atoms with E-state index in [4.69, 9.17) is 14.9 Å². The molecule has 0 aromatic rings. The second-order valence-electron chi connectivity index (χ2n) is 7.70. The first kappa shape index (κ1) is 30.1. The third-order valence-electron chi connectivity index (χ3n) is 4.69. The van der Waals surface area contributed by atoms with Gasteiger partial charge in [-0.15, -0.1) is 0 Å². The lowest BCUT2D eigenvalue weighted by Crippen LogP contribution is -2.41. The molecule has 0 aromatic carbocycles. The third kappa shape index (κ3) is 16.4. The smallest absolute Gasteiger partial charge is 0.410 e. The highest BCUT2D eigenvalue weighted by Crippen LogP contribution is 2.05. The van der Waals surface area contributed by atoms with E-state index in [1.165, 1.54) is 4.90 Å². The third-order valence-corrected chi connectivity index (χ3v) is 4.69. The maximum Gasteiger partial charge on any atom is 0.410 e. The van der Waals surface area contributed by atoms with Crippen LogP contribution in [0.4, 0.5) is 4.79 Å². The van der Waals surface area contributed by atoms with Crippen molar-refractivity contribution in [1.82, 2.24) is 20.2 Å².